The molecule has 1 aromatic rings. The molecule has 0 aromatic heterocycles. The Kier molecular flexibility index (Phi) is 4.21. The van der Waals surface area contributed by atoms with Crippen LogP contribution in [0, 0.1) is 5.92 Å². The van der Waals surface area contributed by atoms with Crippen LogP contribution < -0.4 is 10.1 Å². The minimum atomic E-state index is -0.0661. The number of piperidine rings is 4. The predicted octanol–water partition coefficient (Wildman–Crippen LogP) is 3.68. The highest BCUT2D eigenvalue weighted by Crippen LogP contribution is 2.48. The Labute approximate surface area is 176 Å². The number of Topliss-reactive ketones (excluding diaryl/α,β-unsaturated/α-hetero) is 1. The van der Waals surface area contributed by atoms with Gasteiger partial charge in [0.25, 0.3) is 5.91 Å². The molecule has 6 aliphatic rings. The largest absolute Gasteiger partial charge is 0.489 e. The molecule has 5 nitrogen and oxygen atoms in total. The van der Waals surface area contributed by atoms with Gasteiger partial charge in [0.2, 0.25) is 0 Å². The third-order valence-electron chi connectivity index (χ3n) is 7.99. The molecule has 7 rings (SSSR count). The van der Waals surface area contributed by atoms with Gasteiger partial charge in [0.1, 0.15) is 17.6 Å². The topological polar surface area (TPSA) is 58.6 Å². The number of amides is 1. The third-order valence-corrected chi connectivity index (χ3v) is 8.21. The maximum atomic E-state index is 13.2. The number of nitrogens with one attached hydrogen (secondary N) is 1. The lowest BCUT2D eigenvalue weighted by molar-refractivity contribution is -0.141. The van der Waals surface area contributed by atoms with Crippen LogP contribution >= 0.6 is 11.6 Å². The van der Waals surface area contributed by atoms with Gasteiger partial charge in [0.15, 0.2) is 0 Å². The van der Waals surface area contributed by atoms with Gasteiger partial charge in [0.05, 0.1) is 12.1 Å². The van der Waals surface area contributed by atoms with Crippen molar-refractivity contribution >= 4 is 23.3 Å². The fraction of sp³-hybridized carbons (Fsp3) is 0.652. The Balaban J connectivity index is 1.22. The molecule has 5 heterocycles. The van der Waals surface area contributed by atoms with Crippen molar-refractivity contribution in [3.8, 4) is 5.75 Å². The van der Waals surface area contributed by atoms with Gasteiger partial charge in [0, 0.05) is 40.5 Å². The smallest absolute Gasteiger partial charge is 0.255 e. The molecule has 6 heteroatoms. The van der Waals surface area contributed by atoms with E-state index in [1.54, 1.807) is 6.07 Å². The molecule has 5 fully saturated rings. The summed E-state index contributed by atoms with van der Waals surface area (Å²) in [4.78, 5) is 27.7. The molecule has 0 spiro atoms. The van der Waals surface area contributed by atoms with E-state index in [0.29, 0.717) is 40.9 Å². The molecule has 0 radical (unpaired) electrons. The van der Waals surface area contributed by atoms with Crippen LogP contribution in [0.25, 0.3) is 0 Å². The monoisotopic (exact) mass is 414 g/mol. The number of halogens is 1. The summed E-state index contributed by atoms with van der Waals surface area (Å²) in [5.74, 6) is 1.73. The van der Waals surface area contributed by atoms with Crippen molar-refractivity contribution in [1.82, 2.24) is 10.2 Å². The lowest BCUT2D eigenvalue weighted by Gasteiger charge is -2.54. The summed E-state index contributed by atoms with van der Waals surface area (Å²) in [6.07, 6.45) is 8.54. The molecule has 29 heavy (non-hydrogen) atoms. The molecule has 1 aromatic carbocycles. The van der Waals surface area contributed by atoms with Crippen molar-refractivity contribution in [2.45, 2.75) is 81.5 Å². The quantitative estimate of drug-likeness (QED) is 0.801. The van der Waals surface area contributed by atoms with E-state index in [1.807, 2.05) is 6.07 Å². The van der Waals surface area contributed by atoms with Crippen molar-refractivity contribution in [2.75, 3.05) is 6.54 Å². The highest BCUT2D eigenvalue weighted by atomic mass is 35.5. The van der Waals surface area contributed by atoms with E-state index in [1.165, 1.54) is 12.8 Å². The zero-order valence-corrected chi connectivity index (χ0v) is 17.3. The minimum absolute atomic E-state index is 0.0661. The first-order valence-electron chi connectivity index (χ1n) is 11.2. The fourth-order valence-corrected chi connectivity index (χ4v) is 6.91. The van der Waals surface area contributed by atoms with Crippen molar-refractivity contribution < 1.29 is 14.3 Å². The van der Waals surface area contributed by atoms with Crippen LogP contribution in [0.1, 0.15) is 73.2 Å². The van der Waals surface area contributed by atoms with Gasteiger partial charge in [-0.05, 0) is 57.1 Å². The lowest BCUT2D eigenvalue weighted by Crippen LogP contribution is -2.64. The van der Waals surface area contributed by atoms with Gasteiger partial charge in [-0.25, -0.2) is 0 Å². The van der Waals surface area contributed by atoms with Crippen molar-refractivity contribution in [3.63, 3.8) is 0 Å². The average molecular weight is 415 g/mol. The highest BCUT2D eigenvalue weighted by molar-refractivity contribution is 6.31. The Hall–Kier alpha value is -1.59. The molecule has 1 saturated carbocycles. The average Bonchev–Trinajstić information content (AvgIpc) is 3.06. The standard InChI is InChI=1S/C23H27ClN2O3/c24-13-7-18-17-3-1-2-4-21(17)29-22(18)19(8-13)23(28)25-14-9-15-5-12-6-16(10-14)26(15)11-20(12)27/h7-8,12,14-17,21H,1-6,9-11H2,(H,25,28). The summed E-state index contributed by atoms with van der Waals surface area (Å²) in [6.45, 7) is 0.610. The van der Waals surface area contributed by atoms with E-state index in [4.69, 9.17) is 16.3 Å². The Morgan fingerprint density at radius 2 is 1.86 bits per heavy atom. The highest BCUT2D eigenvalue weighted by Gasteiger charge is 2.49. The lowest BCUT2D eigenvalue weighted by atomic mass is 9.71. The summed E-state index contributed by atoms with van der Waals surface area (Å²) >= 11 is 6.41. The van der Waals surface area contributed by atoms with E-state index in [2.05, 4.69) is 10.2 Å². The van der Waals surface area contributed by atoms with Crippen LogP contribution in [0.15, 0.2) is 12.1 Å². The number of nitrogens with zero attached hydrogens (tertiary/aromatic N) is 1. The zero-order chi connectivity index (χ0) is 19.7. The summed E-state index contributed by atoms with van der Waals surface area (Å²) in [6, 6.07) is 4.77. The minimum Gasteiger partial charge on any atom is -0.489 e. The molecule has 4 bridgehead atoms. The molecule has 5 aliphatic heterocycles. The Morgan fingerprint density at radius 1 is 1.10 bits per heavy atom. The molecular weight excluding hydrogens is 388 g/mol. The van der Waals surface area contributed by atoms with Crippen LogP contribution in [0.4, 0.5) is 0 Å². The Morgan fingerprint density at radius 3 is 2.62 bits per heavy atom. The van der Waals surface area contributed by atoms with Gasteiger partial charge >= 0.3 is 0 Å². The first kappa shape index (κ1) is 18.2. The third kappa shape index (κ3) is 2.92. The molecule has 1 N–H and O–H groups in total. The van der Waals surface area contributed by atoms with Crippen LogP contribution in [-0.2, 0) is 4.79 Å². The van der Waals surface area contributed by atoms with E-state index in [-0.39, 0.29) is 24.0 Å². The van der Waals surface area contributed by atoms with E-state index in [0.717, 1.165) is 49.8 Å². The summed E-state index contributed by atoms with van der Waals surface area (Å²) < 4.78 is 6.27. The summed E-state index contributed by atoms with van der Waals surface area (Å²) in [5, 5.41) is 3.90. The van der Waals surface area contributed by atoms with Gasteiger partial charge in [-0.15, -0.1) is 0 Å². The predicted molar refractivity (Wildman–Crippen MR) is 110 cm³/mol. The van der Waals surface area contributed by atoms with Crippen molar-refractivity contribution in [3.05, 3.63) is 28.3 Å². The van der Waals surface area contributed by atoms with E-state index in [9.17, 15) is 9.59 Å². The van der Waals surface area contributed by atoms with E-state index >= 15 is 0 Å². The SMILES string of the molecule is O=C(NC1CC2CC3CC(C1)N2CC3=O)c1cc(Cl)cc2c1OC1CCCCC21. The number of carbonyl (C=O) groups is 2. The maximum Gasteiger partial charge on any atom is 0.255 e. The van der Waals surface area contributed by atoms with Gasteiger partial charge < -0.3 is 10.1 Å². The molecule has 1 aliphatic carbocycles. The van der Waals surface area contributed by atoms with Gasteiger partial charge in [-0.2, -0.15) is 0 Å². The number of hydrogen-bond acceptors (Lipinski definition) is 4. The summed E-state index contributed by atoms with van der Waals surface area (Å²) in [5.41, 5.74) is 1.71. The van der Waals surface area contributed by atoms with Crippen LogP contribution in [0.2, 0.25) is 5.02 Å². The number of carbonyl (C=O) groups excluding carboxylic acids is 2. The van der Waals surface area contributed by atoms with Crippen LogP contribution in [-0.4, -0.2) is 47.4 Å². The zero-order valence-electron chi connectivity index (χ0n) is 16.5. The van der Waals surface area contributed by atoms with Crippen LogP contribution in [0.5, 0.6) is 5.75 Å². The molecule has 4 unspecified atom stereocenters. The first-order chi connectivity index (χ1) is 14.1. The fourth-order valence-electron chi connectivity index (χ4n) is 6.68. The van der Waals surface area contributed by atoms with Gasteiger partial charge in [-0.3, -0.25) is 14.5 Å². The number of fused-ring (bicyclic) bond motifs is 4. The molecular formula is C23H27ClN2O3. The molecule has 1 amide bonds. The van der Waals surface area contributed by atoms with E-state index < -0.39 is 0 Å². The molecule has 4 saturated heterocycles. The number of rotatable bonds is 2. The second-order valence-electron chi connectivity index (χ2n) is 9.68. The number of benzene rings is 1. The van der Waals surface area contributed by atoms with Crippen LogP contribution in [0.3, 0.4) is 0 Å². The van der Waals surface area contributed by atoms with Crippen molar-refractivity contribution in [1.29, 1.82) is 0 Å². The number of ketones is 1. The normalized spacial score (nSPS) is 39.5. The Bertz CT molecular complexity index is 871. The number of ether oxygens (including phenoxy) is 1. The second kappa shape index (κ2) is 6.71. The maximum absolute atomic E-state index is 13.2. The summed E-state index contributed by atoms with van der Waals surface area (Å²) in [7, 11) is 0. The van der Waals surface area contributed by atoms with Crippen molar-refractivity contribution in [2.24, 2.45) is 5.92 Å². The molecule has 154 valence electrons. The number of hydrogen-bond donors (Lipinski definition) is 1. The first-order valence-corrected chi connectivity index (χ1v) is 11.5. The van der Waals surface area contributed by atoms with Gasteiger partial charge in [-0.1, -0.05) is 18.0 Å². The second-order valence-corrected chi connectivity index (χ2v) is 10.1. The molecule has 4 atom stereocenters.